The molecule has 0 aliphatic heterocycles. The molecule has 1 aromatic rings. The number of carboxylic acid groups (broad SMARTS) is 1. The molecule has 6 nitrogen and oxygen atoms in total. The van der Waals surface area contributed by atoms with Crippen LogP contribution in [0.25, 0.3) is 0 Å². The molecular weight excluding hydrogens is 260 g/mol. The van der Waals surface area contributed by atoms with Crippen LogP contribution in [-0.4, -0.2) is 29.4 Å². The van der Waals surface area contributed by atoms with E-state index in [4.69, 9.17) is 5.11 Å². The number of amides is 2. The van der Waals surface area contributed by atoms with E-state index in [0.29, 0.717) is 12.1 Å². The number of benzene rings is 1. The fourth-order valence-corrected chi connectivity index (χ4v) is 1.44. The molecule has 0 spiro atoms. The van der Waals surface area contributed by atoms with E-state index in [1.54, 1.807) is 24.3 Å². The predicted octanol–water partition coefficient (Wildman–Crippen LogP) is 0.773. The van der Waals surface area contributed by atoms with Gasteiger partial charge in [-0.25, -0.2) is 0 Å². The van der Waals surface area contributed by atoms with Crippen LogP contribution in [-0.2, 0) is 16.1 Å². The Morgan fingerprint density at radius 3 is 2.25 bits per heavy atom. The van der Waals surface area contributed by atoms with E-state index in [2.05, 4.69) is 10.6 Å². The third kappa shape index (κ3) is 5.09. The van der Waals surface area contributed by atoms with Crippen LogP contribution in [0.15, 0.2) is 24.3 Å². The molecule has 0 heterocycles. The summed E-state index contributed by atoms with van der Waals surface area (Å²) in [6.07, 6.45) is 0. The van der Waals surface area contributed by atoms with Crippen LogP contribution in [0, 0.1) is 5.92 Å². The number of hydrogen-bond donors (Lipinski definition) is 3. The van der Waals surface area contributed by atoms with E-state index in [0.717, 1.165) is 5.56 Å². The lowest BCUT2D eigenvalue weighted by molar-refractivity contribution is -0.140. The summed E-state index contributed by atoms with van der Waals surface area (Å²) < 4.78 is 0. The molecule has 0 aromatic heterocycles. The second-order valence-corrected chi connectivity index (χ2v) is 4.56. The van der Waals surface area contributed by atoms with Crippen LogP contribution in [0.4, 0.5) is 0 Å². The van der Waals surface area contributed by atoms with Gasteiger partial charge in [-0.2, -0.15) is 0 Å². The molecule has 6 heteroatoms. The highest BCUT2D eigenvalue weighted by Crippen LogP contribution is 2.05. The van der Waals surface area contributed by atoms with Crippen molar-refractivity contribution in [1.29, 1.82) is 0 Å². The normalized spacial score (nSPS) is 11.5. The van der Waals surface area contributed by atoms with Crippen molar-refractivity contribution in [2.24, 2.45) is 5.92 Å². The second-order valence-electron chi connectivity index (χ2n) is 4.56. The van der Waals surface area contributed by atoms with E-state index < -0.39 is 11.9 Å². The zero-order chi connectivity index (χ0) is 15.1. The molecule has 108 valence electrons. The summed E-state index contributed by atoms with van der Waals surface area (Å²) in [5, 5.41) is 13.9. The summed E-state index contributed by atoms with van der Waals surface area (Å²) in [7, 11) is 0. The van der Waals surface area contributed by atoms with Gasteiger partial charge in [0.25, 0.3) is 5.91 Å². The average molecular weight is 278 g/mol. The summed E-state index contributed by atoms with van der Waals surface area (Å²) in [6, 6.07) is 6.76. The van der Waals surface area contributed by atoms with Gasteiger partial charge in [0.1, 0.15) is 0 Å². The minimum atomic E-state index is -0.948. The Kier molecular flexibility index (Phi) is 5.71. The monoisotopic (exact) mass is 278 g/mol. The van der Waals surface area contributed by atoms with E-state index in [1.807, 2.05) is 0 Å². The molecule has 20 heavy (non-hydrogen) atoms. The molecule has 3 N–H and O–H groups in total. The summed E-state index contributed by atoms with van der Waals surface area (Å²) in [4.78, 5) is 33.2. The van der Waals surface area contributed by atoms with Crippen LogP contribution >= 0.6 is 0 Å². The second kappa shape index (κ2) is 7.28. The minimum Gasteiger partial charge on any atom is -0.481 e. The van der Waals surface area contributed by atoms with Crippen molar-refractivity contribution in [3.63, 3.8) is 0 Å². The molecule has 1 aromatic carbocycles. The van der Waals surface area contributed by atoms with Gasteiger partial charge in [0.2, 0.25) is 5.91 Å². The lowest BCUT2D eigenvalue weighted by Gasteiger charge is -2.09. The first-order chi connectivity index (χ1) is 9.40. The Labute approximate surface area is 117 Å². The summed E-state index contributed by atoms with van der Waals surface area (Å²) in [5.41, 5.74) is 1.34. The summed E-state index contributed by atoms with van der Waals surface area (Å²) >= 11 is 0. The Morgan fingerprint density at radius 1 is 1.15 bits per heavy atom. The average Bonchev–Trinajstić information content (AvgIpc) is 2.42. The van der Waals surface area contributed by atoms with Crippen molar-refractivity contribution in [3.8, 4) is 0 Å². The first-order valence-electron chi connectivity index (χ1n) is 6.24. The lowest BCUT2D eigenvalue weighted by atomic mass is 10.1. The molecule has 2 amide bonds. The smallest absolute Gasteiger partial charge is 0.308 e. The molecule has 0 bridgehead atoms. The quantitative estimate of drug-likeness (QED) is 0.716. The number of rotatable bonds is 6. The van der Waals surface area contributed by atoms with Gasteiger partial charge in [-0.1, -0.05) is 19.1 Å². The number of aliphatic carboxylic acids is 1. The molecule has 1 atom stereocenters. The molecule has 0 fully saturated rings. The number of carbonyl (C=O) groups is 3. The highest BCUT2D eigenvalue weighted by Gasteiger charge is 2.13. The lowest BCUT2D eigenvalue weighted by Crippen LogP contribution is -2.31. The van der Waals surface area contributed by atoms with Crippen LogP contribution in [0.1, 0.15) is 29.8 Å². The van der Waals surface area contributed by atoms with E-state index in [1.165, 1.54) is 13.8 Å². The van der Waals surface area contributed by atoms with Gasteiger partial charge in [0.05, 0.1) is 5.92 Å². The van der Waals surface area contributed by atoms with Gasteiger partial charge < -0.3 is 15.7 Å². The first-order valence-corrected chi connectivity index (χ1v) is 6.24. The van der Waals surface area contributed by atoms with Crippen molar-refractivity contribution in [1.82, 2.24) is 10.6 Å². The summed E-state index contributed by atoms with van der Waals surface area (Å²) in [6.45, 7) is 3.46. The maximum atomic E-state index is 11.8. The Morgan fingerprint density at radius 2 is 1.75 bits per heavy atom. The Bertz CT molecular complexity index is 496. The van der Waals surface area contributed by atoms with Crippen molar-refractivity contribution < 1.29 is 19.5 Å². The molecule has 1 unspecified atom stereocenters. The first kappa shape index (κ1) is 15.7. The van der Waals surface area contributed by atoms with Crippen LogP contribution < -0.4 is 10.6 Å². The Hall–Kier alpha value is -2.37. The maximum absolute atomic E-state index is 11.8. The Balaban J connectivity index is 2.53. The van der Waals surface area contributed by atoms with E-state index in [-0.39, 0.29) is 18.4 Å². The summed E-state index contributed by atoms with van der Waals surface area (Å²) in [5.74, 6) is -2.01. The van der Waals surface area contributed by atoms with E-state index >= 15 is 0 Å². The standard InChI is InChI=1S/C14H18N2O4/c1-9(14(19)20)7-16-13(18)12-5-3-11(4-6-12)8-15-10(2)17/h3-6,9H,7-8H2,1-2H3,(H,15,17)(H,16,18)(H,19,20). The van der Waals surface area contributed by atoms with Crippen molar-refractivity contribution >= 4 is 17.8 Å². The van der Waals surface area contributed by atoms with Crippen molar-refractivity contribution in [2.75, 3.05) is 6.54 Å². The van der Waals surface area contributed by atoms with Crippen molar-refractivity contribution in [3.05, 3.63) is 35.4 Å². The van der Waals surface area contributed by atoms with Crippen LogP contribution in [0.5, 0.6) is 0 Å². The molecule has 0 aliphatic carbocycles. The zero-order valence-corrected chi connectivity index (χ0v) is 11.5. The topological polar surface area (TPSA) is 95.5 Å². The number of carbonyl (C=O) groups excluding carboxylic acids is 2. The largest absolute Gasteiger partial charge is 0.481 e. The minimum absolute atomic E-state index is 0.0851. The molecule has 0 radical (unpaired) electrons. The molecule has 0 aliphatic rings. The highest BCUT2D eigenvalue weighted by molar-refractivity contribution is 5.94. The van der Waals surface area contributed by atoms with Gasteiger partial charge in [-0.15, -0.1) is 0 Å². The van der Waals surface area contributed by atoms with E-state index in [9.17, 15) is 14.4 Å². The predicted molar refractivity (Wildman–Crippen MR) is 73.1 cm³/mol. The zero-order valence-electron chi connectivity index (χ0n) is 11.5. The SMILES string of the molecule is CC(=O)NCc1ccc(C(=O)NCC(C)C(=O)O)cc1. The molecule has 0 saturated heterocycles. The molecular formula is C14H18N2O4. The highest BCUT2D eigenvalue weighted by atomic mass is 16.4. The van der Waals surface area contributed by atoms with Crippen molar-refractivity contribution in [2.45, 2.75) is 20.4 Å². The van der Waals surface area contributed by atoms with Gasteiger partial charge >= 0.3 is 5.97 Å². The fourth-order valence-electron chi connectivity index (χ4n) is 1.44. The van der Waals surface area contributed by atoms with Crippen LogP contribution in [0.3, 0.4) is 0 Å². The maximum Gasteiger partial charge on any atom is 0.308 e. The van der Waals surface area contributed by atoms with Gasteiger partial charge in [-0.3, -0.25) is 14.4 Å². The van der Waals surface area contributed by atoms with Gasteiger partial charge in [0, 0.05) is 25.6 Å². The van der Waals surface area contributed by atoms with Crippen LogP contribution in [0.2, 0.25) is 0 Å². The number of carboxylic acids is 1. The van der Waals surface area contributed by atoms with Gasteiger partial charge in [0.15, 0.2) is 0 Å². The third-order valence-electron chi connectivity index (χ3n) is 2.75. The number of hydrogen-bond acceptors (Lipinski definition) is 3. The molecule has 1 rings (SSSR count). The fraction of sp³-hybridized carbons (Fsp3) is 0.357. The number of nitrogens with one attached hydrogen (secondary N) is 2. The van der Waals surface area contributed by atoms with Gasteiger partial charge in [-0.05, 0) is 17.7 Å². The third-order valence-corrected chi connectivity index (χ3v) is 2.75. The molecule has 0 saturated carbocycles.